The lowest BCUT2D eigenvalue weighted by atomic mass is 9.95. The zero-order chi connectivity index (χ0) is 12.3. The Labute approximate surface area is 102 Å². The molecule has 0 saturated heterocycles. The minimum atomic E-state index is -4.08. The van der Waals surface area contributed by atoms with E-state index in [1.54, 1.807) is 12.1 Å². The van der Waals surface area contributed by atoms with Gasteiger partial charge in [-0.25, -0.2) is 0 Å². The number of anilines is 1. The standard InChI is InChI=1S/C12H17NO3S/c14-17(15,16)12-8-6-11(7-9-12)13-10-4-2-1-3-5-10/h6-10,13H,1-5H2,(H,14,15,16). The minimum Gasteiger partial charge on any atom is -0.382 e. The molecule has 1 aliphatic rings. The van der Waals surface area contributed by atoms with Crippen LogP contribution in [0.4, 0.5) is 5.69 Å². The minimum absolute atomic E-state index is 0.0632. The molecule has 4 nitrogen and oxygen atoms in total. The van der Waals surface area contributed by atoms with Crippen molar-refractivity contribution in [1.29, 1.82) is 0 Å². The fourth-order valence-electron chi connectivity index (χ4n) is 2.21. The monoisotopic (exact) mass is 255 g/mol. The highest BCUT2D eigenvalue weighted by Gasteiger charge is 2.13. The Hall–Kier alpha value is -1.07. The summed E-state index contributed by atoms with van der Waals surface area (Å²) in [6, 6.07) is 6.71. The van der Waals surface area contributed by atoms with E-state index in [4.69, 9.17) is 4.55 Å². The third-order valence-electron chi connectivity index (χ3n) is 3.13. The molecule has 94 valence electrons. The van der Waals surface area contributed by atoms with Crippen molar-refractivity contribution >= 4 is 15.8 Å². The van der Waals surface area contributed by atoms with E-state index in [2.05, 4.69) is 5.32 Å². The Morgan fingerprint density at radius 1 is 1.06 bits per heavy atom. The maximum absolute atomic E-state index is 10.9. The molecule has 2 rings (SSSR count). The van der Waals surface area contributed by atoms with Gasteiger partial charge in [-0.2, -0.15) is 8.42 Å². The van der Waals surface area contributed by atoms with E-state index in [-0.39, 0.29) is 4.90 Å². The molecule has 1 aromatic rings. The Morgan fingerprint density at radius 2 is 1.65 bits per heavy atom. The van der Waals surface area contributed by atoms with Crippen molar-refractivity contribution in [2.75, 3.05) is 5.32 Å². The molecule has 1 fully saturated rings. The summed E-state index contributed by atoms with van der Waals surface area (Å²) in [5, 5.41) is 3.38. The molecule has 0 aromatic heterocycles. The van der Waals surface area contributed by atoms with Crippen molar-refractivity contribution in [2.45, 2.75) is 43.0 Å². The Bertz CT molecular complexity index is 461. The van der Waals surface area contributed by atoms with Gasteiger partial charge in [0.25, 0.3) is 10.1 Å². The average Bonchev–Trinajstić information content (AvgIpc) is 2.30. The van der Waals surface area contributed by atoms with Crippen LogP contribution in [0.3, 0.4) is 0 Å². The first-order valence-corrected chi connectivity index (χ1v) is 7.34. The second kappa shape index (κ2) is 5.06. The van der Waals surface area contributed by atoms with Crippen molar-refractivity contribution in [1.82, 2.24) is 0 Å². The van der Waals surface area contributed by atoms with Gasteiger partial charge in [-0.05, 0) is 37.1 Å². The molecule has 0 amide bonds. The van der Waals surface area contributed by atoms with E-state index < -0.39 is 10.1 Å². The molecular weight excluding hydrogens is 238 g/mol. The lowest BCUT2D eigenvalue weighted by molar-refractivity contribution is 0.462. The maximum atomic E-state index is 10.9. The Balaban J connectivity index is 2.03. The molecule has 0 bridgehead atoms. The van der Waals surface area contributed by atoms with Gasteiger partial charge in [0.05, 0.1) is 4.90 Å². The van der Waals surface area contributed by atoms with Gasteiger partial charge in [0.1, 0.15) is 0 Å². The van der Waals surface area contributed by atoms with Crippen LogP contribution in [-0.4, -0.2) is 19.0 Å². The first-order chi connectivity index (χ1) is 8.05. The number of hydrogen-bond donors (Lipinski definition) is 2. The predicted molar refractivity (Wildman–Crippen MR) is 66.8 cm³/mol. The van der Waals surface area contributed by atoms with Gasteiger partial charge in [0.2, 0.25) is 0 Å². The van der Waals surface area contributed by atoms with E-state index in [9.17, 15) is 8.42 Å². The van der Waals surface area contributed by atoms with Gasteiger partial charge in [0, 0.05) is 11.7 Å². The lowest BCUT2D eigenvalue weighted by Crippen LogP contribution is -2.22. The topological polar surface area (TPSA) is 66.4 Å². The van der Waals surface area contributed by atoms with Gasteiger partial charge >= 0.3 is 0 Å². The van der Waals surface area contributed by atoms with Crippen LogP contribution in [0.25, 0.3) is 0 Å². The summed E-state index contributed by atoms with van der Waals surface area (Å²) in [7, 11) is -4.08. The molecule has 0 atom stereocenters. The van der Waals surface area contributed by atoms with Crippen molar-refractivity contribution in [2.24, 2.45) is 0 Å². The molecule has 0 unspecified atom stereocenters. The molecule has 1 saturated carbocycles. The van der Waals surface area contributed by atoms with Gasteiger partial charge in [-0.3, -0.25) is 4.55 Å². The van der Waals surface area contributed by atoms with Gasteiger partial charge in [0.15, 0.2) is 0 Å². The Kier molecular flexibility index (Phi) is 3.69. The van der Waals surface area contributed by atoms with Crippen molar-refractivity contribution in [3.05, 3.63) is 24.3 Å². The second-order valence-corrected chi connectivity index (χ2v) is 5.90. The first-order valence-electron chi connectivity index (χ1n) is 5.90. The molecule has 5 heteroatoms. The highest BCUT2D eigenvalue weighted by atomic mass is 32.2. The molecule has 2 N–H and O–H groups in total. The predicted octanol–water partition coefficient (Wildman–Crippen LogP) is 2.68. The fourth-order valence-corrected chi connectivity index (χ4v) is 2.69. The highest BCUT2D eigenvalue weighted by molar-refractivity contribution is 7.85. The van der Waals surface area contributed by atoms with E-state index in [0.717, 1.165) is 5.69 Å². The quantitative estimate of drug-likeness (QED) is 0.815. The van der Waals surface area contributed by atoms with Crippen LogP contribution < -0.4 is 5.32 Å². The third kappa shape index (κ3) is 3.44. The summed E-state index contributed by atoms with van der Waals surface area (Å²) in [6.45, 7) is 0. The summed E-state index contributed by atoms with van der Waals surface area (Å²) < 4.78 is 30.6. The van der Waals surface area contributed by atoms with E-state index in [1.807, 2.05) is 0 Å². The maximum Gasteiger partial charge on any atom is 0.294 e. The van der Waals surface area contributed by atoms with Gasteiger partial charge < -0.3 is 5.32 Å². The molecule has 1 aliphatic carbocycles. The van der Waals surface area contributed by atoms with Gasteiger partial charge in [-0.1, -0.05) is 19.3 Å². The largest absolute Gasteiger partial charge is 0.382 e. The number of hydrogen-bond acceptors (Lipinski definition) is 3. The molecule has 17 heavy (non-hydrogen) atoms. The molecule has 0 spiro atoms. The SMILES string of the molecule is O=S(=O)(O)c1ccc(NC2CCCCC2)cc1. The summed E-state index contributed by atoms with van der Waals surface area (Å²) >= 11 is 0. The number of benzene rings is 1. The smallest absolute Gasteiger partial charge is 0.294 e. The zero-order valence-electron chi connectivity index (χ0n) is 9.59. The summed E-state index contributed by atoms with van der Waals surface area (Å²) in [4.78, 5) is -0.0632. The third-order valence-corrected chi connectivity index (χ3v) is 4.00. The molecule has 1 aromatic carbocycles. The van der Waals surface area contributed by atoms with Crippen molar-refractivity contribution < 1.29 is 13.0 Å². The van der Waals surface area contributed by atoms with Crippen LogP contribution >= 0.6 is 0 Å². The molecule has 0 aliphatic heterocycles. The van der Waals surface area contributed by atoms with E-state index >= 15 is 0 Å². The van der Waals surface area contributed by atoms with Crippen LogP contribution in [-0.2, 0) is 10.1 Å². The van der Waals surface area contributed by atoms with Crippen LogP contribution in [0, 0.1) is 0 Å². The molecule has 0 radical (unpaired) electrons. The number of rotatable bonds is 3. The van der Waals surface area contributed by atoms with Crippen LogP contribution in [0.15, 0.2) is 29.2 Å². The van der Waals surface area contributed by atoms with E-state index in [1.165, 1.54) is 44.2 Å². The Morgan fingerprint density at radius 3 is 2.18 bits per heavy atom. The summed E-state index contributed by atoms with van der Waals surface area (Å²) in [6.07, 6.45) is 6.14. The van der Waals surface area contributed by atoms with E-state index in [0.29, 0.717) is 6.04 Å². The second-order valence-electron chi connectivity index (χ2n) is 4.48. The zero-order valence-corrected chi connectivity index (χ0v) is 10.4. The van der Waals surface area contributed by atoms with Crippen LogP contribution in [0.5, 0.6) is 0 Å². The summed E-state index contributed by atoms with van der Waals surface area (Å²) in [5.41, 5.74) is 0.907. The summed E-state index contributed by atoms with van der Waals surface area (Å²) in [5.74, 6) is 0. The molecule has 0 heterocycles. The first kappa shape index (κ1) is 12.4. The average molecular weight is 255 g/mol. The molecular formula is C12H17NO3S. The number of nitrogens with one attached hydrogen (secondary N) is 1. The van der Waals surface area contributed by atoms with Crippen molar-refractivity contribution in [3.8, 4) is 0 Å². The highest BCUT2D eigenvalue weighted by Crippen LogP contribution is 2.22. The van der Waals surface area contributed by atoms with Crippen LogP contribution in [0.2, 0.25) is 0 Å². The van der Waals surface area contributed by atoms with Crippen LogP contribution in [0.1, 0.15) is 32.1 Å². The normalized spacial score (nSPS) is 17.9. The fraction of sp³-hybridized carbons (Fsp3) is 0.500. The van der Waals surface area contributed by atoms with Gasteiger partial charge in [-0.15, -0.1) is 0 Å². The lowest BCUT2D eigenvalue weighted by Gasteiger charge is -2.23. The van der Waals surface area contributed by atoms with Crippen molar-refractivity contribution in [3.63, 3.8) is 0 Å².